The molecule has 1 rings (SSSR count). The van der Waals surface area contributed by atoms with Gasteiger partial charge in [-0.05, 0) is 30.2 Å². The molecule has 84 valence electrons. The van der Waals surface area contributed by atoms with E-state index in [1.807, 2.05) is 0 Å². The highest BCUT2D eigenvalue weighted by Gasteiger charge is 2.30. The van der Waals surface area contributed by atoms with Gasteiger partial charge in [0.2, 0.25) is 0 Å². The monoisotopic (exact) mass is 220 g/mol. The Labute approximate surface area is 85.0 Å². The maximum Gasteiger partial charge on any atom is 0.416 e. The summed E-state index contributed by atoms with van der Waals surface area (Å²) in [6, 6.07) is 3.02. The molecule has 2 nitrogen and oxygen atoms in total. The van der Waals surface area contributed by atoms with E-state index in [1.165, 1.54) is 13.0 Å². The quantitative estimate of drug-likeness (QED) is 0.800. The highest BCUT2D eigenvalue weighted by atomic mass is 19.4. The van der Waals surface area contributed by atoms with Crippen LogP contribution in [-0.4, -0.2) is 16.8 Å². The van der Waals surface area contributed by atoms with Gasteiger partial charge in [0.25, 0.3) is 0 Å². The smallest absolute Gasteiger partial charge is 0.393 e. The maximum atomic E-state index is 12.3. The van der Waals surface area contributed by atoms with E-state index in [0.717, 1.165) is 12.1 Å². The second-order valence-corrected chi connectivity index (χ2v) is 3.27. The van der Waals surface area contributed by atoms with E-state index in [2.05, 4.69) is 0 Å². The lowest BCUT2D eigenvalue weighted by atomic mass is 10.0. The minimum Gasteiger partial charge on any atom is -0.393 e. The molecule has 0 spiro atoms. The number of rotatable bonds is 2. The van der Waals surface area contributed by atoms with E-state index < -0.39 is 24.5 Å². The molecule has 0 amide bonds. The molecule has 0 heterocycles. The van der Waals surface area contributed by atoms with E-state index in [1.54, 1.807) is 0 Å². The molecule has 0 aliphatic heterocycles. The van der Waals surface area contributed by atoms with Crippen molar-refractivity contribution in [3.05, 3.63) is 34.9 Å². The number of aliphatic hydroxyl groups excluding tert-OH is 2. The fraction of sp³-hybridized carbons (Fsp3) is 0.400. The van der Waals surface area contributed by atoms with Gasteiger partial charge in [0.15, 0.2) is 0 Å². The Morgan fingerprint density at radius 2 is 1.93 bits per heavy atom. The number of alkyl halides is 3. The molecule has 1 aromatic carbocycles. The van der Waals surface area contributed by atoms with Gasteiger partial charge in [-0.1, -0.05) is 6.07 Å². The Balaban J connectivity index is 3.09. The van der Waals surface area contributed by atoms with Crippen molar-refractivity contribution in [2.75, 3.05) is 6.61 Å². The maximum absolute atomic E-state index is 12.3. The van der Waals surface area contributed by atoms with Gasteiger partial charge in [-0.2, -0.15) is 13.2 Å². The van der Waals surface area contributed by atoms with Crippen LogP contribution in [0.25, 0.3) is 0 Å². The first-order chi connectivity index (χ1) is 6.86. The van der Waals surface area contributed by atoms with Crippen LogP contribution in [0.5, 0.6) is 0 Å². The van der Waals surface area contributed by atoms with Crippen molar-refractivity contribution < 1.29 is 23.4 Å². The molecule has 5 heteroatoms. The SMILES string of the molecule is Cc1cc(C(F)(F)F)ccc1C(O)CO. The summed E-state index contributed by atoms with van der Waals surface area (Å²) in [5.41, 5.74) is -0.134. The molecule has 0 bridgehead atoms. The minimum atomic E-state index is -4.38. The molecule has 1 atom stereocenters. The second-order valence-electron chi connectivity index (χ2n) is 3.27. The normalized spacial score (nSPS) is 14.0. The van der Waals surface area contributed by atoms with Crippen molar-refractivity contribution in [1.29, 1.82) is 0 Å². The van der Waals surface area contributed by atoms with Crippen LogP contribution in [0.2, 0.25) is 0 Å². The van der Waals surface area contributed by atoms with Gasteiger partial charge in [-0.25, -0.2) is 0 Å². The highest BCUT2D eigenvalue weighted by Crippen LogP contribution is 2.31. The molecule has 15 heavy (non-hydrogen) atoms. The van der Waals surface area contributed by atoms with Crippen molar-refractivity contribution >= 4 is 0 Å². The van der Waals surface area contributed by atoms with Gasteiger partial charge in [0.1, 0.15) is 6.10 Å². The molecule has 1 unspecified atom stereocenters. The summed E-state index contributed by atoms with van der Waals surface area (Å²) in [6.07, 6.45) is -5.51. The van der Waals surface area contributed by atoms with Gasteiger partial charge in [-0.15, -0.1) is 0 Å². The van der Waals surface area contributed by atoms with Crippen LogP contribution in [0.1, 0.15) is 22.8 Å². The van der Waals surface area contributed by atoms with Crippen molar-refractivity contribution in [1.82, 2.24) is 0 Å². The van der Waals surface area contributed by atoms with E-state index in [0.29, 0.717) is 11.1 Å². The van der Waals surface area contributed by atoms with Crippen LogP contribution < -0.4 is 0 Å². The molecule has 0 saturated carbocycles. The fourth-order valence-corrected chi connectivity index (χ4v) is 1.32. The number of aliphatic hydroxyl groups is 2. The molecule has 1 aromatic rings. The van der Waals surface area contributed by atoms with Gasteiger partial charge < -0.3 is 10.2 Å². The summed E-state index contributed by atoms with van der Waals surface area (Å²) in [4.78, 5) is 0. The zero-order valence-electron chi connectivity index (χ0n) is 8.04. The number of aryl methyl sites for hydroxylation is 1. The molecule has 0 saturated heterocycles. The lowest BCUT2D eigenvalue weighted by molar-refractivity contribution is -0.137. The zero-order valence-corrected chi connectivity index (χ0v) is 8.04. The first kappa shape index (κ1) is 12.0. The predicted octanol–water partition coefficient (Wildman–Crippen LogP) is 2.04. The largest absolute Gasteiger partial charge is 0.416 e. The molecule has 0 radical (unpaired) electrons. The Morgan fingerprint density at radius 1 is 1.33 bits per heavy atom. The average molecular weight is 220 g/mol. The van der Waals surface area contributed by atoms with Gasteiger partial charge in [-0.3, -0.25) is 0 Å². The molecular formula is C10H11F3O2. The molecule has 0 aliphatic carbocycles. The van der Waals surface area contributed by atoms with Gasteiger partial charge >= 0.3 is 6.18 Å². The first-order valence-electron chi connectivity index (χ1n) is 4.33. The minimum absolute atomic E-state index is 0.311. The van der Waals surface area contributed by atoms with Crippen LogP contribution in [0.3, 0.4) is 0 Å². The third-order valence-corrected chi connectivity index (χ3v) is 2.13. The number of halogens is 3. The van der Waals surface area contributed by atoms with E-state index in [9.17, 15) is 18.3 Å². The summed E-state index contributed by atoms with van der Waals surface area (Å²) in [5.74, 6) is 0. The Hall–Kier alpha value is -1.07. The third kappa shape index (κ3) is 2.70. The Kier molecular flexibility index (Phi) is 3.36. The van der Waals surface area contributed by atoms with Crippen molar-refractivity contribution in [3.8, 4) is 0 Å². The Bertz CT molecular complexity index is 347. The standard InChI is InChI=1S/C10H11F3O2/c1-6-4-7(10(11,12)13)2-3-8(6)9(15)5-14/h2-4,9,14-15H,5H2,1H3. The number of hydrogen-bond donors (Lipinski definition) is 2. The van der Waals surface area contributed by atoms with Crippen molar-refractivity contribution in [2.45, 2.75) is 19.2 Å². The highest BCUT2D eigenvalue weighted by molar-refractivity contribution is 5.33. The lowest BCUT2D eigenvalue weighted by Crippen LogP contribution is -2.09. The molecule has 0 aromatic heterocycles. The topological polar surface area (TPSA) is 40.5 Å². The summed E-state index contributed by atoms with van der Waals surface area (Å²) < 4.78 is 36.8. The van der Waals surface area contributed by atoms with Crippen LogP contribution in [0, 0.1) is 6.92 Å². The average Bonchev–Trinajstić information content (AvgIpc) is 2.15. The molecule has 0 aliphatic rings. The van der Waals surface area contributed by atoms with E-state index in [4.69, 9.17) is 5.11 Å². The molecular weight excluding hydrogens is 209 g/mol. The molecule has 0 fully saturated rings. The number of hydrogen-bond acceptors (Lipinski definition) is 2. The van der Waals surface area contributed by atoms with Crippen molar-refractivity contribution in [2.24, 2.45) is 0 Å². The third-order valence-electron chi connectivity index (χ3n) is 2.13. The lowest BCUT2D eigenvalue weighted by Gasteiger charge is -2.13. The van der Waals surface area contributed by atoms with Crippen LogP contribution >= 0.6 is 0 Å². The van der Waals surface area contributed by atoms with E-state index >= 15 is 0 Å². The van der Waals surface area contributed by atoms with Crippen LogP contribution in [0.15, 0.2) is 18.2 Å². The fourth-order valence-electron chi connectivity index (χ4n) is 1.32. The van der Waals surface area contributed by atoms with Gasteiger partial charge in [0.05, 0.1) is 12.2 Å². The summed E-state index contributed by atoms with van der Waals surface area (Å²) in [7, 11) is 0. The second kappa shape index (κ2) is 4.20. The predicted molar refractivity (Wildman–Crippen MR) is 48.2 cm³/mol. The van der Waals surface area contributed by atoms with Crippen LogP contribution in [0.4, 0.5) is 13.2 Å². The van der Waals surface area contributed by atoms with Crippen molar-refractivity contribution in [3.63, 3.8) is 0 Å². The Morgan fingerprint density at radius 3 is 2.33 bits per heavy atom. The zero-order chi connectivity index (χ0) is 11.6. The van der Waals surface area contributed by atoms with E-state index in [-0.39, 0.29) is 0 Å². The first-order valence-corrected chi connectivity index (χ1v) is 4.33. The molecule has 2 N–H and O–H groups in total. The summed E-state index contributed by atoms with van der Waals surface area (Å²) >= 11 is 0. The summed E-state index contributed by atoms with van der Waals surface area (Å²) in [6.45, 7) is 0.954. The van der Waals surface area contributed by atoms with Gasteiger partial charge in [0, 0.05) is 0 Å². The number of benzene rings is 1. The van der Waals surface area contributed by atoms with Crippen LogP contribution in [-0.2, 0) is 6.18 Å². The summed E-state index contributed by atoms with van der Waals surface area (Å²) in [5, 5.41) is 17.9.